The van der Waals surface area contributed by atoms with E-state index in [0.29, 0.717) is 18.2 Å². The summed E-state index contributed by atoms with van der Waals surface area (Å²) in [5.41, 5.74) is 2.85. The summed E-state index contributed by atoms with van der Waals surface area (Å²) >= 11 is 0. The van der Waals surface area contributed by atoms with Crippen LogP contribution < -0.4 is 0 Å². The predicted octanol–water partition coefficient (Wildman–Crippen LogP) is 1.58. The van der Waals surface area contributed by atoms with Gasteiger partial charge in [0.2, 0.25) is 5.91 Å². The molecule has 0 unspecified atom stereocenters. The Morgan fingerprint density at radius 1 is 0.962 bits per heavy atom. The number of benzene rings is 1. The van der Waals surface area contributed by atoms with Crippen molar-refractivity contribution < 1.29 is 9.53 Å². The molecule has 0 saturated carbocycles. The highest BCUT2D eigenvalue weighted by Gasteiger charge is 2.28. The van der Waals surface area contributed by atoms with Crippen LogP contribution in [-0.2, 0) is 16.0 Å². The van der Waals surface area contributed by atoms with Crippen molar-refractivity contribution in [3.8, 4) is 0 Å². The van der Waals surface area contributed by atoms with E-state index in [2.05, 4.69) is 39.0 Å². The Hall–Kier alpha value is -1.43. The lowest BCUT2D eigenvalue weighted by molar-refractivity contribution is -0.133. The van der Waals surface area contributed by atoms with Gasteiger partial charge < -0.3 is 9.64 Å². The third kappa shape index (κ3) is 4.27. The summed E-state index contributed by atoms with van der Waals surface area (Å²) in [6.45, 7) is 9.87. The molecule has 4 rings (SSSR count). The third-order valence-corrected chi connectivity index (χ3v) is 6.24. The third-order valence-electron chi connectivity index (χ3n) is 6.24. The molecule has 0 spiro atoms. The highest BCUT2D eigenvalue weighted by atomic mass is 16.5. The summed E-state index contributed by atoms with van der Waals surface area (Å²) in [5.74, 6) is 0.776. The fourth-order valence-electron chi connectivity index (χ4n) is 4.53. The molecule has 2 heterocycles. The van der Waals surface area contributed by atoms with Gasteiger partial charge >= 0.3 is 0 Å². The van der Waals surface area contributed by atoms with Gasteiger partial charge in [0.15, 0.2) is 0 Å². The Balaban J connectivity index is 1.20. The largest absolute Gasteiger partial charge is 0.379 e. The molecule has 0 bridgehead atoms. The molecule has 0 N–H and O–H groups in total. The van der Waals surface area contributed by atoms with Gasteiger partial charge in [0.1, 0.15) is 0 Å². The maximum absolute atomic E-state index is 12.8. The number of fused-ring (bicyclic) bond motifs is 1. The van der Waals surface area contributed by atoms with E-state index in [9.17, 15) is 4.79 Å². The standard InChI is InChI=1S/C21H31N3O2/c25-21(17-19-6-5-18-3-1-2-4-20(18)19)24-11-9-22(10-12-24)7-8-23-13-15-26-16-14-23/h1-4,19H,5-17H2/t19-/m0/s1. The van der Waals surface area contributed by atoms with Gasteiger partial charge in [-0.25, -0.2) is 0 Å². The average molecular weight is 357 g/mol. The zero-order valence-electron chi connectivity index (χ0n) is 15.7. The minimum atomic E-state index is 0.347. The molecule has 5 heteroatoms. The molecule has 142 valence electrons. The maximum atomic E-state index is 12.8. The number of carbonyl (C=O) groups is 1. The summed E-state index contributed by atoms with van der Waals surface area (Å²) < 4.78 is 5.41. The van der Waals surface area contributed by atoms with Crippen LogP contribution >= 0.6 is 0 Å². The Bertz CT molecular complexity index is 607. The lowest BCUT2D eigenvalue weighted by Gasteiger charge is -2.36. The predicted molar refractivity (Wildman–Crippen MR) is 102 cm³/mol. The molecule has 2 aliphatic heterocycles. The first kappa shape index (κ1) is 18.0. The lowest BCUT2D eigenvalue weighted by atomic mass is 9.97. The molecule has 1 aromatic rings. The number of carbonyl (C=O) groups excluding carboxylic acids is 1. The van der Waals surface area contributed by atoms with Crippen molar-refractivity contribution >= 4 is 5.91 Å². The highest BCUT2D eigenvalue weighted by molar-refractivity contribution is 5.77. The molecule has 2 saturated heterocycles. The van der Waals surface area contributed by atoms with Crippen LogP contribution in [0.1, 0.15) is 29.9 Å². The Morgan fingerprint density at radius 2 is 1.65 bits per heavy atom. The van der Waals surface area contributed by atoms with E-state index in [4.69, 9.17) is 4.74 Å². The first-order valence-electron chi connectivity index (χ1n) is 10.2. The number of ether oxygens (including phenoxy) is 1. The molecule has 1 amide bonds. The Morgan fingerprint density at radius 3 is 2.42 bits per heavy atom. The summed E-state index contributed by atoms with van der Waals surface area (Å²) in [6.07, 6.45) is 2.94. The average Bonchev–Trinajstić information content (AvgIpc) is 3.10. The molecule has 1 aromatic carbocycles. The van der Waals surface area contributed by atoms with E-state index in [1.54, 1.807) is 0 Å². The van der Waals surface area contributed by atoms with Gasteiger partial charge in [0, 0.05) is 58.8 Å². The number of rotatable bonds is 5. The van der Waals surface area contributed by atoms with Gasteiger partial charge in [0.25, 0.3) is 0 Å². The molecule has 26 heavy (non-hydrogen) atoms. The van der Waals surface area contributed by atoms with Crippen molar-refractivity contribution in [1.82, 2.24) is 14.7 Å². The molecule has 1 aliphatic carbocycles. The zero-order valence-corrected chi connectivity index (χ0v) is 15.7. The van der Waals surface area contributed by atoms with Gasteiger partial charge in [-0.05, 0) is 29.9 Å². The van der Waals surface area contributed by atoms with Crippen LogP contribution in [0.25, 0.3) is 0 Å². The quantitative estimate of drug-likeness (QED) is 0.802. The summed E-state index contributed by atoms with van der Waals surface area (Å²) in [4.78, 5) is 19.8. The number of nitrogens with zero attached hydrogens (tertiary/aromatic N) is 3. The monoisotopic (exact) mass is 357 g/mol. The lowest BCUT2D eigenvalue weighted by Crippen LogP contribution is -2.51. The van der Waals surface area contributed by atoms with Crippen molar-refractivity contribution in [2.75, 3.05) is 65.6 Å². The second-order valence-corrected chi connectivity index (χ2v) is 7.81. The van der Waals surface area contributed by atoms with Crippen molar-refractivity contribution in [3.63, 3.8) is 0 Å². The minimum absolute atomic E-state index is 0.347. The summed E-state index contributed by atoms with van der Waals surface area (Å²) in [6, 6.07) is 8.64. The van der Waals surface area contributed by atoms with Gasteiger partial charge in [-0.15, -0.1) is 0 Å². The Kier molecular flexibility index (Phi) is 5.88. The Labute approximate surface area is 156 Å². The second-order valence-electron chi connectivity index (χ2n) is 7.81. The number of aryl methyl sites for hydroxylation is 1. The number of morpholine rings is 1. The number of piperazine rings is 1. The fraction of sp³-hybridized carbons (Fsp3) is 0.667. The molecule has 1 atom stereocenters. The van der Waals surface area contributed by atoms with E-state index in [-0.39, 0.29) is 0 Å². The smallest absolute Gasteiger partial charge is 0.223 e. The topological polar surface area (TPSA) is 36.0 Å². The molecule has 5 nitrogen and oxygen atoms in total. The normalized spacial score (nSPS) is 24.6. The van der Waals surface area contributed by atoms with Crippen molar-refractivity contribution in [1.29, 1.82) is 0 Å². The van der Waals surface area contributed by atoms with Crippen LogP contribution in [0.5, 0.6) is 0 Å². The van der Waals surface area contributed by atoms with Crippen molar-refractivity contribution in [2.45, 2.75) is 25.2 Å². The zero-order chi connectivity index (χ0) is 17.8. The van der Waals surface area contributed by atoms with Crippen LogP contribution in [0.2, 0.25) is 0 Å². The SMILES string of the molecule is O=C(C[C@@H]1CCc2ccccc21)N1CCN(CCN2CCOCC2)CC1. The van der Waals surface area contributed by atoms with E-state index < -0.39 is 0 Å². The van der Waals surface area contributed by atoms with Crippen LogP contribution in [0.4, 0.5) is 0 Å². The first-order chi connectivity index (χ1) is 12.8. The van der Waals surface area contributed by atoms with Crippen LogP contribution in [-0.4, -0.2) is 86.2 Å². The van der Waals surface area contributed by atoms with Crippen LogP contribution in [0, 0.1) is 0 Å². The highest BCUT2D eigenvalue weighted by Crippen LogP contribution is 2.35. The number of hydrogen-bond donors (Lipinski definition) is 0. The second kappa shape index (κ2) is 8.51. The van der Waals surface area contributed by atoms with Crippen LogP contribution in [0.15, 0.2) is 24.3 Å². The molecular weight excluding hydrogens is 326 g/mol. The van der Waals surface area contributed by atoms with E-state index in [1.807, 2.05) is 0 Å². The molecule has 0 aromatic heterocycles. The van der Waals surface area contributed by atoms with Crippen molar-refractivity contribution in [3.05, 3.63) is 35.4 Å². The van der Waals surface area contributed by atoms with Gasteiger partial charge in [-0.2, -0.15) is 0 Å². The minimum Gasteiger partial charge on any atom is -0.379 e. The fourth-order valence-corrected chi connectivity index (χ4v) is 4.53. The van der Waals surface area contributed by atoms with Gasteiger partial charge in [-0.3, -0.25) is 14.6 Å². The first-order valence-corrected chi connectivity index (χ1v) is 10.2. The summed E-state index contributed by atoms with van der Waals surface area (Å²) in [7, 11) is 0. The van der Waals surface area contributed by atoms with Gasteiger partial charge in [-0.1, -0.05) is 24.3 Å². The number of amides is 1. The molecule has 0 radical (unpaired) electrons. The number of hydrogen-bond acceptors (Lipinski definition) is 4. The van der Waals surface area contributed by atoms with Crippen molar-refractivity contribution in [2.24, 2.45) is 0 Å². The molecule has 2 fully saturated rings. The van der Waals surface area contributed by atoms with E-state index in [1.165, 1.54) is 11.1 Å². The van der Waals surface area contributed by atoms with Gasteiger partial charge in [0.05, 0.1) is 13.2 Å². The van der Waals surface area contributed by atoms with E-state index in [0.717, 1.165) is 78.4 Å². The van der Waals surface area contributed by atoms with E-state index >= 15 is 0 Å². The molecular formula is C21H31N3O2. The molecule has 3 aliphatic rings. The van der Waals surface area contributed by atoms with Crippen LogP contribution in [0.3, 0.4) is 0 Å². The maximum Gasteiger partial charge on any atom is 0.223 e. The summed E-state index contributed by atoms with van der Waals surface area (Å²) in [5, 5.41) is 0.